The van der Waals surface area contributed by atoms with E-state index in [4.69, 9.17) is 0 Å². The van der Waals surface area contributed by atoms with E-state index in [0.717, 1.165) is 32.4 Å². The van der Waals surface area contributed by atoms with E-state index in [1.54, 1.807) is 0 Å². The molecule has 0 spiro atoms. The lowest BCUT2D eigenvalue weighted by atomic mass is 10.0. The van der Waals surface area contributed by atoms with Crippen molar-refractivity contribution < 1.29 is 4.79 Å². The number of carbonyl (C=O) groups is 1. The maximum Gasteiger partial charge on any atom is 0.256 e. The maximum atomic E-state index is 12.3. The summed E-state index contributed by atoms with van der Waals surface area (Å²) in [5.41, 5.74) is 4.67. The minimum Gasteiger partial charge on any atom is -0.322 e. The highest BCUT2D eigenvalue weighted by Gasteiger charge is 2.12. The third-order valence-electron chi connectivity index (χ3n) is 3.14. The summed E-state index contributed by atoms with van der Waals surface area (Å²) in [5.74, 6) is -0.0636. The number of nitrogens with one attached hydrogen (secondary N) is 1. The zero-order chi connectivity index (χ0) is 14.0. The third-order valence-corrected chi connectivity index (χ3v) is 3.99. The van der Waals surface area contributed by atoms with Crippen LogP contribution in [0.2, 0.25) is 0 Å². The maximum absolute atomic E-state index is 12.3. The second-order valence-electron chi connectivity index (χ2n) is 4.68. The van der Waals surface area contributed by atoms with Gasteiger partial charge >= 0.3 is 0 Å². The molecular formula is C16H16BrNO. The van der Waals surface area contributed by atoms with Gasteiger partial charge in [-0.1, -0.05) is 40.2 Å². The fraction of sp³-hybridized carbons (Fsp3) is 0.188. The molecule has 2 aromatic carbocycles. The first-order chi connectivity index (χ1) is 8.99. The molecule has 0 fully saturated rings. The first kappa shape index (κ1) is 13.8. The van der Waals surface area contributed by atoms with Crippen molar-refractivity contribution in [2.24, 2.45) is 0 Å². The lowest BCUT2D eigenvalue weighted by Crippen LogP contribution is -2.15. The smallest absolute Gasteiger partial charge is 0.256 e. The fourth-order valence-corrected chi connectivity index (χ4v) is 2.42. The molecule has 0 atom stereocenters. The summed E-state index contributed by atoms with van der Waals surface area (Å²) in [5, 5.41) is 2.94. The first-order valence-corrected chi connectivity index (χ1v) is 6.92. The molecule has 0 aliphatic rings. The van der Waals surface area contributed by atoms with E-state index < -0.39 is 0 Å². The number of benzene rings is 2. The van der Waals surface area contributed by atoms with Crippen LogP contribution in [0, 0.1) is 20.8 Å². The Morgan fingerprint density at radius 3 is 2.21 bits per heavy atom. The van der Waals surface area contributed by atoms with Gasteiger partial charge in [-0.25, -0.2) is 0 Å². The number of anilines is 1. The molecule has 0 heterocycles. The number of aryl methyl sites for hydroxylation is 3. The van der Waals surface area contributed by atoms with Crippen LogP contribution in [0.4, 0.5) is 5.69 Å². The molecule has 19 heavy (non-hydrogen) atoms. The molecule has 2 nitrogen and oxygen atoms in total. The Bertz CT molecular complexity index is 614. The third kappa shape index (κ3) is 3.04. The second-order valence-corrected chi connectivity index (χ2v) is 5.54. The fourth-order valence-electron chi connectivity index (χ4n) is 2.04. The first-order valence-electron chi connectivity index (χ1n) is 6.13. The number of hydrogen-bond donors (Lipinski definition) is 1. The second kappa shape index (κ2) is 5.57. The molecule has 0 saturated heterocycles. The van der Waals surface area contributed by atoms with E-state index in [9.17, 15) is 4.79 Å². The van der Waals surface area contributed by atoms with Gasteiger partial charge in [0.2, 0.25) is 0 Å². The lowest BCUT2D eigenvalue weighted by Gasteiger charge is -2.11. The van der Waals surface area contributed by atoms with Crippen LogP contribution >= 0.6 is 15.9 Å². The van der Waals surface area contributed by atoms with Crippen LogP contribution in [0.25, 0.3) is 0 Å². The van der Waals surface area contributed by atoms with Crippen molar-refractivity contribution in [3.05, 3.63) is 63.1 Å². The highest BCUT2D eigenvalue weighted by Crippen LogP contribution is 2.22. The van der Waals surface area contributed by atoms with Crippen molar-refractivity contribution in [2.75, 3.05) is 5.32 Å². The number of rotatable bonds is 2. The highest BCUT2D eigenvalue weighted by molar-refractivity contribution is 9.10. The summed E-state index contributed by atoms with van der Waals surface area (Å²) in [6.07, 6.45) is 0. The highest BCUT2D eigenvalue weighted by atomic mass is 79.9. The van der Waals surface area contributed by atoms with Crippen molar-refractivity contribution in [3.63, 3.8) is 0 Å². The Labute approximate surface area is 122 Å². The molecule has 0 unspecified atom stereocenters. The lowest BCUT2D eigenvalue weighted by molar-refractivity contribution is 0.102. The molecule has 0 saturated carbocycles. The molecule has 2 aromatic rings. The molecule has 0 bridgehead atoms. The van der Waals surface area contributed by atoms with Gasteiger partial charge in [-0.2, -0.15) is 0 Å². The molecule has 1 N–H and O–H groups in total. The summed E-state index contributed by atoms with van der Waals surface area (Å²) >= 11 is 3.47. The van der Waals surface area contributed by atoms with Gasteiger partial charge in [0.15, 0.2) is 0 Å². The largest absolute Gasteiger partial charge is 0.322 e. The normalized spacial score (nSPS) is 10.3. The zero-order valence-electron chi connectivity index (χ0n) is 11.3. The predicted octanol–water partition coefficient (Wildman–Crippen LogP) is 4.63. The predicted molar refractivity (Wildman–Crippen MR) is 82.7 cm³/mol. The van der Waals surface area contributed by atoms with Crippen LogP contribution in [0.5, 0.6) is 0 Å². The minimum absolute atomic E-state index is 0.0636. The van der Waals surface area contributed by atoms with Gasteiger partial charge in [0.05, 0.1) is 0 Å². The zero-order valence-corrected chi connectivity index (χ0v) is 12.8. The monoisotopic (exact) mass is 317 g/mol. The topological polar surface area (TPSA) is 29.1 Å². The Balaban J connectivity index is 2.28. The average Bonchev–Trinajstić information content (AvgIpc) is 2.33. The number of hydrogen-bond acceptors (Lipinski definition) is 1. The molecule has 0 radical (unpaired) electrons. The van der Waals surface area contributed by atoms with Gasteiger partial charge in [0, 0.05) is 15.7 Å². The van der Waals surface area contributed by atoms with Crippen molar-refractivity contribution >= 4 is 27.5 Å². The number of carbonyl (C=O) groups excluding carboxylic acids is 1. The summed E-state index contributed by atoms with van der Waals surface area (Å²) in [7, 11) is 0. The molecule has 0 aliphatic carbocycles. The van der Waals surface area contributed by atoms with E-state index >= 15 is 0 Å². The van der Waals surface area contributed by atoms with Crippen LogP contribution in [-0.4, -0.2) is 5.91 Å². The Morgan fingerprint density at radius 2 is 1.63 bits per heavy atom. The molecule has 0 aromatic heterocycles. The molecule has 98 valence electrons. The molecule has 1 amide bonds. The van der Waals surface area contributed by atoms with Crippen LogP contribution in [0.3, 0.4) is 0 Å². The molecular weight excluding hydrogens is 302 g/mol. The van der Waals surface area contributed by atoms with E-state index in [1.165, 1.54) is 0 Å². The molecule has 3 heteroatoms. The minimum atomic E-state index is -0.0636. The van der Waals surface area contributed by atoms with Gasteiger partial charge in [-0.05, 0) is 49.6 Å². The number of halogens is 1. The van der Waals surface area contributed by atoms with Crippen molar-refractivity contribution in [3.8, 4) is 0 Å². The molecule has 0 aliphatic heterocycles. The Kier molecular flexibility index (Phi) is 4.05. The van der Waals surface area contributed by atoms with Gasteiger partial charge in [0.25, 0.3) is 5.91 Å². The Morgan fingerprint density at radius 1 is 1.00 bits per heavy atom. The SMILES string of the molecule is Cc1ccc(NC(=O)c2c(C)cccc2C)cc1Br. The van der Waals surface area contributed by atoms with Crippen LogP contribution < -0.4 is 5.32 Å². The summed E-state index contributed by atoms with van der Waals surface area (Å²) < 4.78 is 0.992. The van der Waals surface area contributed by atoms with Crippen molar-refractivity contribution in [1.82, 2.24) is 0 Å². The summed E-state index contributed by atoms with van der Waals surface area (Å²) in [6.45, 7) is 5.92. The van der Waals surface area contributed by atoms with Crippen molar-refractivity contribution in [1.29, 1.82) is 0 Å². The van der Waals surface area contributed by atoms with Gasteiger partial charge < -0.3 is 5.32 Å². The van der Waals surface area contributed by atoms with Gasteiger partial charge in [0.1, 0.15) is 0 Å². The Hall–Kier alpha value is -1.61. The standard InChI is InChI=1S/C16H16BrNO/c1-10-7-8-13(9-14(10)17)18-16(19)15-11(2)5-4-6-12(15)3/h4-9H,1-3H3,(H,18,19). The van der Waals surface area contributed by atoms with E-state index in [-0.39, 0.29) is 5.91 Å². The number of amides is 1. The van der Waals surface area contributed by atoms with Crippen molar-refractivity contribution in [2.45, 2.75) is 20.8 Å². The molecule has 2 rings (SSSR count). The van der Waals surface area contributed by atoms with E-state index in [0.29, 0.717) is 0 Å². The van der Waals surface area contributed by atoms with Crippen LogP contribution in [0.15, 0.2) is 40.9 Å². The van der Waals surface area contributed by atoms with Crippen LogP contribution in [0.1, 0.15) is 27.0 Å². The van der Waals surface area contributed by atoms with Gasteiger partial charge in [-0.15, -0.1) is 0 Å². The summed E-state index contributed by atoms with van der Waals surface area (Å²) in [6, 6.07) is 11.7. The van der Waals surface area contributed by atoms with Crippen LogP contribution in [-0.2, 0) is 0 Å². The van der Waals surface area contributed by atoms with E-state index in [2.05, 4.69) is 21.2 Å². The van der Waals surface area contributed by atoms with Gasteiger partial charge in [-0.3, -0.25) is 4.79 Å². The average molecular weight is 318 g/mol. The summed E-state index contributed by atoms with van der Waals surface area (Å²) in [4.78, 5) is 12.3. The van der Waals surface area contributed by atoms with E-state index in [1.807, 2.05) is 57.2 Å². The quantitative estimate of drug-likeness (QED) is 0.859.